The maximum absolute atomic E-state index is 13.8. The summed E-state index contributed by atoms with van der Waals surface area (Å²) in [5.74, 6) is 0.882. The number of rotatable bonds is 4. The maximum Gasteiger partial charge on any atom is 0.196 e. The Morgan fingerprint density at radius 1 is 1.09 bits per heavy atom. The second-order valence-electron chi connectivity index (χ2n) is 4.69. The Bertz CT molecular complexity index is 769. The number of hydrogen-bond acceptors (Lipinski definition) is 3. The molecule has 2 aromatic carbocycles. The fourth-order valence-corrected chi connectivity index (χ4v) is 3.46. The molecule has 0 saturated heterocycles. The molecule has 22 heavy (non-hydrogen) atoms. The fraction of sp³-hybridized carbons (Fsp3) is 0.125. The molecule has 0 aliphatic rings. The van der Waals surface area contributed by atoms with Gasteiger partial charge in [0.2, 0.25) is 0 Å². The van der Waals surface area contributed by atoms with Crippen molar-refractivity contribution in [3.05, 3.63) is 70.8 Å². The first-order valence-electron chi connectivity index (χ1n) is 6.70. The summed E-state index contributed by atoms with van der Waals surface area (Å²) in [5.41, 5.74) is 1.46. The largest absolute Gasteiger partial charge is 0.274 e. The molecule has 0 spiro atoms. The summed E-state index contributed by atoms with van der Waals surface area (Å²) in [6, 6.07) is 14.5. The van der Waals surface area contributed by atoms with Crippen LogP contribution in [-0.4, -0.2) is 14.8 Å². The zero-order valence-electron chi connectivity index (χ0n) is 11.8. The first-order valence-corrected chi connectivity index (χ1v) is 8.06. The number of para-hydroxylation sites is 1. The summed E-state index contributed by atoms with van der Waals surface area (Å²) in [6.07, 6.45) is 0. The van der Waals surface area contributed by atoms with E-state index in [1.165, 1.54) is 17.8 Å². The quantitative estimate of drug-likeness (QED) is 0.650. The standard InChI is InChI=1S/C16H13ClFN3S/c1-11-19-20-16(21(11)12-6-3-2-4-7-12)22-10-13-14(17)8-5-9-15(13)18/h2-9H,10H2,1H3. The smallest absolute Gasteiger partial charge is 0.196 e. The van der Waals surface area contributed by atoms with Crippen LogP contribution in [0.2, 0.25) is 5.02 Å². The first kappa shape index (κ1) is 15.1. The SMILES string of the molecule is Cc1nnc(SCc2c(F)cccc2Cl)n1-c1ccccc1. The van der Waals surface area contributed by atoms with Crippen LogP contribution >= 0.6 is 23.4 Å². The molecule has 0 saturated carbocycles. The van der Waals surface area contributed by atoms with Crippen molar-refractivity contribution in [3.8, 4) is 5.69 Å². The van der Waals surface area contributed by atoms with Crippen molar-refractivity contribution in [1.29, 1.82) is 0 Å². The Balaban J connectivity index is 1.88. The van der Waals surface area contributed by atoms with Gasteiger partial charge in [-0.15, -0.1) is 10.2 Å². The number of halogens is 2. The molecule has 0 atom stereocenters. The van der Waals surface area contributed by atoms with Crippen molar-refractivity contribution in [2.75, 3.05) is 0 Å². The molecule has 0 aliphatic carbocycles. The number of aromatic nitrogens is 3. The molecule has 0 unspecified atom stereocenters. The van der Waals surface area contributed by atoms with E-state index in [1.54, 1.807) is 12.1 Å². The predicted molar refractivity (Wildman–Crippen MR) is 87.1 cm³/mol. The van der Waals surface area contributed by atoms with Gasteiger partial charge in [-0.2, -0.15) is 0 Å². The molecule has 3 aromatic rings. The molecule has 3 rings (SSSR count). The fourth-order valence-electron chi connectivity index (χ4n) is 2.12. The Labute approximate surface area is 137 Å². The number of thioether (sulfide) groups is 1. The minimum absolute atomic E-state index is 0.303. The van der Waals surface area contributed by atoms with Gasteiger partial charge in [0.15, 0.2) is 5.16 Å². The Morgan fingerprint density at radius 3 is 2.59 bits per heavy atom. The number of aryl methyl sites for hydroxylation is 1. The van der Waals surface area contributed by atoms with Crippen molar-refractivity contribution in [2.45, 2.75) is 17.8 Å². The molecule has 3 nitrogen and oxygen atoms in total. The lowest BCUT2D eigenvalue weighted by molar-refractivity contribution is 0.617. The van der Waals surface area contributed by atoms with Crippen LogP contribution in [0, 0.1) is 12.7 Å². The molecular weight excluding hydrogens is 321 g/mol. The molecule has 0 radical (unpaired) electrons. The van der Waals surface area contributed by atoms with Crippen LogP contribution in [-0.2, 0) is 5.75 Å². The van der Waals surface area contributed by atoms with Crippen LogP contribution in [0.25, 0.3) is 5.69 Å². The molecule has 6 heteroatoms. The average molecular weight is 334 g/mol. The molecule has 1 heterocycles. The van der Waals surface area contributed by atoms with Gasteiger partial charge in [0.25, 0.3) is 0 Å². The zero-order chi connectivity index (χ0) is 15.5. The monoisotopic (exact) mass is 333 g/mol. The Kier molecular flexibility index (Phi) is 4.45. The highest BCUT2D eigenvalue weighted by molar-refractivity contribution is 7.98. The van der Waals surface area contributed by atoms with E-state index in [0.717, 1.165) is 11.5 Å². The minimum Gasteiger partial charge on any atom is -0.274 e. The van der Waals surface area contributed by atoms with Crippen LogP contribution in [0.5, 0.6) is 0 Å². The van der Waals surface area contributed by atoms with Gasteiger partial charge in [0.05, 0.1) is 0 Å². The normalized spacial score (nSPS) is 10.9. The molecule has 0 aliphatic heterocycles. The summed E-state index contributed by atoms with van der Waals surface area (Å²) in [6.45, 7) is 1.89. The number of hydrogen-bond donors (Lipinski definition) is 0. The third kappa shape index (κ3) is 3.00. The predicted octanol–water partition coefficient (Wildman–Crippen LogP) is 4.66. The highest BCUT2D eigenvalue weighted by Gasteiger charge is 2.14. The Hall–Kier alpha value is -1.85. The number of benzene rings is 2. The molecule has 0 amide bonds. The molecular formula is C16H13ClFN3S. The van der Waals surface area contributed by atoms with Gasteiger partial charge in [0.1, 0.15) is 11.6 Å². The second-order valence-corrected chi connectivity index (χ2v) is 6.04. The van der Waals surface area contributed by atoms with E-state index in [0.29, 0.717) is 21.5 Å². The molecule has 0 N–H and O–H groups in total. The maximum atomic E-state index is 13.8. The Morgan fingerprint density at radius 2 is 1.86 bits per heavy atom. The lowest BCUT2D eigenvalue weighted by atomic mass is 10.2. The van der Waals surface area contributed by atoms with E-state index in [-0.39, 0.29) is 5.82 Å². The summed E-state index contributed by atoms with van der Waals surface area (Å²) >= 11 is 7.47. The minimum atomic E-state index is -0.303. The van der Waals surface area contributed by atoms with E-state index in [4.69, 9.17) is 11.6 Å². The van der Waals surface area contributed by atoms with Crippen molar-refractivity contribution in [3.63, 3.8) is 0 Å². The van der Waals surface area contributed by atoms with Crippen LogP contribution in [0.4, 0.5) is 4.39 Å². The van der Waals surface area contributed by atoms with E-state index in [1.807, 2.05) is 41.8 Å². The highest BCUT2D eigenvalue weighted by atomic mass is 35.5. The van der Waals surface area contributed by atoms with Gasteiger partial charge in [-0.1, -0.05) is 47.6 Å². The van der Waals surface area contributed by atoms with Crippen LogP contribution in [0.15, 0.2) is 53.7 Å². The summed E-state index contributed by atoms with van der Waals surface area (Å²) in [7, 11) is 0. The van der Waals surface area contributed by atoms with Crippen LogP contribution in [0.3, 0.4) is 0 Å². The van der Waals surface area contributed by atoms with Gasteiger partial charge in [-0.05, 0) is 31.2 Å². The molecule has 0 fully saturated rings. The third-order valence-electron chi connectivity index (χ3n) is 3.22. The molecule has 112 valence electrons. The van der Waals surface area contributed by atoms with Crippen molar-refractivity contribution in [1.82, 2.24) is 14.8 Å². The van der Waals surface area contributed by atoms with E-state index in [2.05, 4.69) is 10.2 Å². The lowest BCUT2D eigenvalue weighted by Gasteiger charge is -2.09. The van der Waals surface area contributed by atoms with E-state index >= 15 is 0 Å². The van der Waals surface area contributed by atoms with Crippen LogP contribution in [0.1, 0.15) is 11.4 Å². The highest BCUT2D eigenvalue weighted by Crippen LogP contribution is 2.29. The van der Waals surface area contributed by atoms with E-state index in [9.17, 15) is 4.39 Å². The van der Waals surface area contributed by atoms with E-state index < -0.39 is 0 Å². The lowest BCUT2D eigenvalue weighted by Crippen LogP contribution is -1.99. The third-order valence-corrected chi connectivity index (χ3v) is 4.53. The van der Waals surface area contributed by atoms with Crippen molar-refractivity contribution >= 4 is 23.4 Å². The van der Waals surface area contributed by atoms with Gasteiger partial charge in [0, 0.05) is 22.0 Å². The zero-order valence-corrected chi connectivity index (χ0v) is 13.4. The second kappa shape index (κ2) is 6.50. The summed E-state index contributed by atoms with van der Waals surface area (Å²) < 4.78 is 15.8. The van der Waals surface area contributed by atoms with Gasteiger partial charge >= 0.3 is 0 Å². The first-order chi connectivity index (χ1) is 10.7. The summed E-state index contributed by atoms with van der Waals surface area (Å²) in [4.78, 5) is 0. The number of nitrogens with zero attached hydrogens (tertiary/aromatic N) is 3. The summed E-state index contributed by atoms with van der Waals surface area (Å²) in [5, 5.41) is 9.43. The molecule has 0 bridgehead atoms. The average Bonchev–Trinajstić information content (AvgIpc) is 2.88. The van der Waals surface area contributed by atoms with Crippen molar-refractivity contribution in [2.24, 2.45) is 0 Å². The topological polar surface area (TPSA) is 30.7 Å². The van der Waals surface area contributed by atoms with Gasteiger partial charge < -0.3 is 0 Å². The van der Waals surface area contributed by atoms with Gasteiger partial charge in [-0.25, -0.2) is 4.39 Å². The van der Waals surface area contributed by atoms with Crippen molar-refractivity contribution < 1.29 is 4.39 Å². The molecule has 1 aromatic heterocycles. The van der Waals surface area contributed by atoms with Crippen LogP contribution < -0.4 is 0 Å². The van der Waals surface area contributed by atoms with Gasteiger partial charge in [-0.3, -0.25) is 4.57 Å².